The first-order chi connectivity index (χ1) is 14.2. The highest BCUT2D eigenvalue weighted by atomic mass is 16.6. The van der Waals surface area contributed by atoms with E-state index < -0.39 is 6.10 Å². The molecule has 3 heterocycles. The second-order valence-corrected chi connectivity index (χ2v) is 8.13. The minimum Gasteiger partial charge on any atom is -0.490 e. The van der Waals surface area contributed by atoms with Crippen LogP contribution in [0.15, 0.2) is 36.4 Å². The fourth-order valence-corrected chi connectivity index (χ4v) is 4.42. The Bertz CT molecular complexity index is 879. The monoisotopic (exact) mass is 396 g/mol. The Morgan fingerprint density at radius 1 is 0.966 bits per heavy atom. The number of aliphatic hydroxyl groups excluding tert-OH is 1. The predicted molar refractivity (Wildman–Crippen MR) is 111 cm³/mol. The third kappa shape index (κ3) is 3.87. The zero-order valence-electron chi connectivity index (χ0n) is 16.8. The average molecular weight is 396 g/mol. The smallest absolute Gasteiger partial charge is 0.163 e. The van der Waals surface area contributed by atoms with Gasteiger partial charge in [0.1, 0.15) is 25.1 Å². The molecule has 2 aromatic rings. The highest BCUT2D eigenvalue weighted by molar-refractivity contribution is 5.57. The minimum atomic E-state index is -0.475. The van der Waals surface area contributed by atoms with Gasteiger partial charge in [-0.15, -0.1) is 0 Å². The highest BCUT2D eigenvalue weighted by Crippen LogP contribution is 2.34. The summed E-state index contributed by atoms with van der Waals surface area (Å²) in [7, 11) is 0. The average Bonchev–Trinajstić information content (AvgIpc) is 3.13. The van der Waals surface area contributed by atoms with Gasteiger partial charge in [-0.05, 0) is 42.3 Å². The molecule has 2 atom stereocenters. The molecule has 0 aliphatic carbocycles. The fourth-order valence-electron chi connectivity index (χ4n) is 4.42. The zero-order chi connectivity index (χ0) is 19.8. The lowest BCUT2D eigenvalue weighted by atomic mass is 10.0. The molecule has 0 amide bonds. The molecule has 1 N–H and O–H groups in total. The van der Waals surface area contributed by atoms with E-state index in [4.69, 9.17) is 14.2 Å². The number of ether oxygens (including phenoxy) is 3. The molecule has 0 spiro atoms. The number of β-amino-alcohol motifs (C(OH)–C–C–N with tert-alkyl or cyclic N) is 1. The lowest BCUT2D eigenvalue weighted by Crippen LogP contribution is -2.47. The third-order valence-electron chi connectivity index (χ3n) is 6.00. The van der Waals surface area contributed by atoms with Gasteiger partial charge in [0.05, 0.1) is 6.10 Å². The van der Waals surface area contributed by atoms with Gasteiger partial charge in [0.25, 0.3) is 0 Å². The number of hydrogen-bond acceptors (Lipinski definition) is 6. The molecule has 0 aromatic heterocycles. The summed E-state index contributed by atoms with van der Waals surface area (Å²) in [6.45, 7) is 7.68. The normalized spacial score (nSPS) is 22.1. The first kappa shape index (κ1) is 18.6. The molecule has 5 rings (SSSR count). The number of rotatable bonds is 4. The quantitative estimate of drug-likeness (QED) is 0.858. The van der Waals surface area contributed by atoms with Crippen molar-refractivity contribution in [3.05, 3.63) is 47.5 Å². The summed E-state index contributed by atoms with van der Waals surface area (Å²) in [5.74, 6) is 2.62. The molecule has 0 bridgehead atoms. The van der Waals surface area contributed by atoms with Gasteiger partial charge in [0, 0.05) is 50.9 Å². The van der Waals surface area contributed by atoms with Gasteiger partial charge in [-0.1, -0.05) is 6.07 Å². The molecule has 1 saturated heterocycles. The molecular weight excluding hydrogens is 368 g/mol. The Balaban J connectivity index is 1.18. The SMILES string of the molecule is CC1Cc2cc(C(O)CN3CCN(c4ccc5c(c4)OCCO5)CC3)ccc2O1. The van der Waals surface area contributed by atoms with E-state index in [1.165, 1.54) is 11.3 Å². The van der Waals surface area contributed by atoms with Crippen LogP contribution in [-0.2, 0) is 6.42 Å². The predicted octanol–water partition coefficient (Wildman–Crippen LogP) is 2.64. The molecule has 0 saturated carbocycles. The van der Waals surface area contributed by atoms with Gasteiger partial charge in [-0.25, -0.2) is 0 Å². The van der Waals surface area contributed by atoms with Crippen molar-refractivity contribution in [1.82, 2.24) is 4.90 Å². The maximum atomic E-state index is 10.8. The number of piperazine rings is 1. The number of anilines is 1. The van der Waals surface area contributed by atoms with Crippen molar-refractivity contribution in [2.45, 2.75) is 25.6 Å². The zero-order valence-corrected chi connectivity index (χ0v) is 16.8. The van der Waals surface area contributed by atoms with Crippen LogP contribution in [0.3, 0.4) is 0 Å². The van der Waals surface area contributed by atoms with Crippen molar-refractivity contribution in [2.24, 2.45) is 0 Å². The molecule has 6 nitrogen and oxygen atoms in total. The Labute approximate surface area is 171 Å². The first-order valence-corrected chi connectivity index (χ1v) is 10.5. The van der Waals surface area contributed by atoms with E-state index in [1.54, 1.807) is 0 Å². The molecule has 154 valence electrons. The molecular formula is C23H28N2O4. The first-order valence-electron chi connectivity index (χ1n) is 10.5. The molecule has 2 unspecified atom stereocenters. The van der Waals surface area contributed by atoms with E-state index in [2.05, 4.69) is 34.9 Å². The van der Waals surface area contributed by atoms with Gasteiger partial charge >= 0.3 is 0 Å². The van der Waals surface area contributed by atoms with Crippen molar-refractivity contribution >= 4 is 5.69 Å². The summed E-state index contributed by atoms with van der Waals surface area (Å²) in [6, 6.07) is 12.3. The number of aliphatic hydroxyl groups is 1. The van der Waals surface area contributed by atoms with Crippen LogP contribution in [-0.4, -0.2) is 62.0 Å². The van der Waals surface area contributed by atoms with Gasteiger partial charge in [-0.3, -0.25) is 4.90 Å². The Morgan fingerprint density at radius 2 is 1.72 bits per heavy atom. The van der Waals surface area contributed by atoms with Crippen molar-refractivity contribution < 1.29 is 19.3 Å². The molecule has 29 heavy (non-hydrogen) atoms. The number of nitrogens with zero attached hydrogens (tertiary/aromatic N) is 2. The Kier molecular flexibility index (Phi) is 4.97. The summed E-state index contributed by atoms with van der Waals surface area (Å²) >= 11 is 0. The molecule has 1 fully saturated rings. The van der Waals surface area contributed by atoms with Crippen LogP contribution >= 0.6 is 0 Å². The standard InChI is InChI=1S/C23H28N2O4/c1-16-12-18-13-17(2-4-21(18)29-16)20(26)15-24-6-8-25(9-7-24)19-3-5-22-23(14-19)28-11-10-27-22/h2-5,13-14,16,20,26H,6-12,15H2,1H3. The van der Waals surface area contributed by atoms with Crippen molar-refractivity contribution in [3.8, 4) is 17.2 Å². The lowest BCUT2D eigenvalue weighted by molar-refractivity contribution is 0.109. The van der Waals surface area contributed by atoms with Gasteiger partial charge < -0.3 is 24.2 Å². The van der Waals surface area contributed by atoms with E-state index in [0.29, 0.717) is 19.8 Å². The van der Waals surface area contributed by atoms with Crippen LogP contribution in [0, 0.1) is 0 Å². The molecule has 0 radical (unpaired) electrons. The topological polar surface area (TPSA) is 54.4 Å². The summed E-state index contributed by atoms with van der Waals surface area (Å²) in [6.07, 6.45) is 0.674. The second kappa shape index (κ2) is 7.76. The van der Waals surface area contributed by atoms with Crippen LogP contribution in [0.5, 0.6) is 17.2 Å². The molecule has 3 aliphatic rings. The van der Waals surface area contributed by atoms with Crippen molar-refractivity contribution in [2.75, 3.05) is 50.8 Å². The van der Waals surface area contributed by atoms with E-state index in [-0.39, 0.29) is 6.10 Å². The summed E-state index contributed by atoms with van der Waals surface area (Å²) in [5.41, 5.74) is 3.36. The molecule has 6 heteroatoms. The van der Waals surface area contributed by atoms with Crippen molar-refractivity contribution in [3.63, 3.8) is 0 Å². The van der Waals surface area contributed by atoms with E-state index >= 15 is 0 Å². The van der Waals surface area contributed by atoms with Crippen LogP contribution in [0.25, 0.3) is 0 Å². The third-order valence-corrected chi connectivity index (χ3v) is 6.00. The van der Waals surface area contributed by atoms with Crippen molar-refractivity contribution in [1.29, 1.82) is 0 Å². The highest BCUT2D eigenvalue weighted by Gasteiger charge is 2.24. The van der Waals surface area contributed by atoms with Crippen LogP contribution in [0.2, 0.25) is 0 Å². The van der Waals surface area contributed by atoms with Gasteiger partial charge in [-0.2, -0.15) is 0 Å². The largest absolute Gasteiger partial charge is 0.490 e. The van der Waals surface area contributed by atoms with E-state index in [9.17, 15) is 5.11 Å². The van der Waals surface area contributed by atoms with Gasteiger partial charge in [0.2, 0.25) is 0 Å². The number of hydrogen-bond donors (Lipinski definition) is 1. The van der Waals surface area contributed by atoms with Crippen LogP contribution in [0.4, 0.5) is 5.69 Å². The van der Waals surface area contributed by atoms with E-state index in [0.717, 1.165) is 55.4 Å². The lowest BCUT2D eigenvalue weighted by Gasteiger charge is -2.37. The Hall–Kier alpha value is -2.44. The van der Waals surface area contributed by atoms with Gasteiger partial charge in [0.15, 0.2) is 11.5 Å². The number of benzene rings is 2. The molecule has 2 aromatic carbocycles. The fraction of sp³-hybridized carbons (Fsp3) is 0.478. The Morgan fingerprint density at radius 3 is 2.55 bits per heavy atom. The minimum absolute atomic E-state index is 0.228. The molecule has 3 aliphatic heterocycles. The second-order valence-electron chi connectivity index (χ2n) is 8.13. The maximum Gasteiger partial charge on any atom is 0.163 e. The van der Waals surface area contributed by atoms with Crippen LogP contribution < -0.4 is 19.1 Å². The van der Waals surface area contributed by atoms with Crippen LogP contribution in [0.1, 0.15) is 24.2 Å². The maximum absolute atomic E-state index is 10.8. The van der Waals surface area contributed by atoms with E-state index in [1.807, 2.05) is 18.2 Å². The summed E-state index contributed by atoms with van der Waals surface area (Å²) < 4.78 is 17.1. The summed E-state index contributed by atoms with van der Waals surface area (Å²) in [5, 5.41) is 10.8. The summed E-state index contributed by atoms with van der Waals surface area (Å²) in [4.78, 5) is 4.71. The number of fused-ring (bicyclic) bond motifs is 2.